The van der Waals surface area contributed by atoms with Crippen LogP contribution < -0.4 is 5.56 Å². The van der Waals surface area contributed by atoms with Gasteiger partial charge in [0.15, 0.2) is 4.77 Å². The monoisotopic (exact) mass is 380 g/mol. The fourth-order valence-electron chi connectivity index (χ4n) is 2.30. The molecule has 0 saturated carbocycles. The molecule has 0 unspecified atom stereocenters. The molecular weight excluding hydrogens is 372 g/mol. The van der Waals surface area contributed by atoms with E-state index in [1.807, 2.05) is 31.2 Å². The Morgan fingerprint density at radius 2 is 2.05 bits per heavy atom. The van der Waals surface area contributed by atoms with Crippen molar-refractivity contribution in [2.45, 2.75) is 6.92 Å². The second-order valence-electron chi connectivity index (χ2n) is 4.67. The van der Waals surface area contributed by atoms with E-state index in [0.29, 0.717) is 26.4 Å². The second kappa shape index (κ2) is 5.40. The molecule has 0 aliphatic rings. The van der Waals surface area contributed by atoms with Gasteiger partial charge in [0.25, 0.3) is 5.56 Å². The third-order valence-electron chi connectivity index (χ3n) is 3.27. The maximum absolute atomic E-state index is 12.8. The lowest BCUT2D eigenvalue weighted by Gasteiger charge is -2.12. The minimum atomic E-state index is -0.183. The Labute approximate surface area is 139 Å². The zero-order valence-corrected chi connectivity index (χ0v) is 14.1. The molecule has 0 spiro atoms. The Balaban J connectivity index is 2.48. The number of aryl methyl sites for hydroxylation is 1. The lowest BCUT2D eigenvalue weighted by Crippen LogP contribution is -2.21. The van der Waals surface area contributed by atoms with Gasteiger partial charge in [-0.1, -0.05) is 39.7 Å². The Morgan fingerprint density at radius 3 is 2.76 bits per heavy atom. The van der Waals surface area contributed by atoms with E-state index < -0.39 is 0 Å². The minimum Gasteiger partial charge on any atom is -0.331 e. The van der Waals surface area contributed by atoms with Crippen molar-refractivity contribution in [2.75, 3.05) is 0 Å². The molecule has 0 bridgehead atoms. The van der Waals surface area contributed by atoms with Gasteiger partial charge in [-0.15, -0.1) is 0 Å². The summed E-state index contributed by atoms with van der Waals surface area (Å²) >= 11 is 15.0. The van der Waals surface area contributed by atoms with E-state index in [-0.39, 0.29) is 5.56 Å². The molecule has 6 heteroatoms. The first-order valence-electron chi connectivity index (χ1n) is 6.19. The average Bonchev–Trinajstić information content (AvgIpc) is 2.41. The van der Waals surface area contributed by atoms with Gasteiger partial charge in [-0.3, -0.25) is 9.36 Å². The van der Waals surface area contributed by atoms with Crippen LogP contribution in [0.1, 0.15) is 5.56 Å². The summed E-state index contributed by atoms with van der Waals surface area (Å²) in [6.45, 7) is 1.90. The van der Waals surface area contributed by atoms with Crippen molar-refractivity contribution in [2.24, 2.45) is 0 Å². The average molecular weight is 382 g/mol. The summed E-state index contributed by atoms with van der Waals surface area (Å²) in [5, 5.41) is 1.05. The molecule has 3 aromatic rings. The fourth-order valence-corrected chi connectivity index (χ4v) is 3.25. The molecule has 0 saturated heterocycles. The van der Waals surface area contributed by atoms with Crippen LogP contribution in [0, 0.1) is 11.7 Å². The van der Waals surface area contributed by atoms with Gasteiger partial charge in [0.1, 0.15) is 0 Å². The Hall–Kier alpha value is -1.43. The minimum absolute atomic E-state index is 0.183. The quantitative estimate of drug-likeness (QED) is 0.616. The molecule has 21 heavy (non-hydrogen) atoms. The lowest BCUT2D eigenvalue weighted by molar-refractivity contribution is 0.931. The maximum atomic E-state index is 12.8. The van der Waals surface area contributed by atoms with Crippen molar-refractivity contribution < 1.29 is 0 Å². The number of hydrogen-bond donors (Lipinski definition) is 1. The van der Waals surface area contributed by atoms with Crippen LogP contribution >= 0.6 is 39.7 Å². The van der Waals surface area contributed by atoms with Gasteiger partial charge in [0.2, 0.25) is 0 Å². The number of nitrogens with zero attached hydrogens (tertiary/aromatic N) is 1. The van der Waals surface area contributed by atoms with Gasteiger partial charge in [-0.05, 0) is 49.0 Å². The summed E-state index contributed by atoms with van der Waals surface area (Å²) in [6.07, 6.45) is 0. The van der Waals surface area contributed by atoms with Gasteiger partial charge >= 0.3 is 0 Å². The normalized spacial score (nSPS) is 11.0. The summed E-state index contributed by atoms with van der Waals surface area (Å²) in [4.78, 5) is 15.8. The van der Waals surface area contributed by atoms with Gasteiger partial charge in [0.05, 0.1) is 21.6 Å². The highest BCUT2D eigenvalue weighted by Gasteiger charge is 2.12. The number of halogens is 2. The number of H-pyrrole nitrogens is 1. The van der Waals surface area contributed by atoms with Crippen molar-refractivity contribution in [1.29, 1.82) is 0 Å². The van der Waals surface area contributed by atoms with E-state index in [1.165, 1.54) is 4.57 Å². The Kier molecular flexibility index (Phi) is 3.73. The summed E-state index contributed by atoms with van der Waals surface area (Å²) in [5.41, 5.74) is 2.02. The third-order valence-corrected chi connectivity index (χ3v) is 4.35. The molecular formula is C15H10BrClN2OS. The third kappa shape index (κ3) is 2.46. The standard InChI is InChI=1S/C15H10BrClN2OS/c1-8-3-2-4-11(17)13(8)19-14(20)10-6-5-9(16)7-12(10)18-15(19)21/h2-7H,1H3,(H,18,21). The van der Waals surface area contributed by atoms with E-state index >= 15 is 0 Å². The highest BCUT2D eigenvalue weighted by Crippen LogP contribution is 2.24. The first-order valence-corrected chi connectivity index (χ1v) is 7.77. The number of aromatic amines is 1. The predicted molar refractivity (Wildman–Crippen MR) is 92.2 cm³/mol. The SMILES string of the molecule is Cc1cccc(Cl)c1-n1c(=S)[nH]c2cc(Br)ccc2c1=O. The summed E-state index contributed by atoms with van der Waals surface area (Å²) in [7, 11) is 0. The zero-order valence-electron chi connectivity index (χ0n) is 11.0. The first kappa shape index (κ1) is 14.5. The van der Waals surface area contributed by atoms with Gasteiger partial charge in [0, 0.05) is 4.47 Å². The van der Waals surface area contributed by atoms with Crippen LogP contribution in [-0.2, 0) is 0 Å². The molecule has 0 aliphatic heterocycles. The van der Waals surface area contributed by atoms with E-state index in [0.717, 1.165) is 10.0 Å². The molecule has 0 radical (unpaired) electrons. The number of hydrogen-bond acceptors (Lipinski definition) is 2. The largest absolute Gasteiger partial charge is 0.331 e. The summed E-state index contributed by atoms with van der Waals surface area (Å²) < 4.78 is 2.65. The molecule has 0 fully saturated rings. The smallest absolute Gasteiger partial charge is 0.266 e. The summed E-state index contributed by atoms with van der Waals surface area (Å²) in [5.74, 6) is 0. The highest BCUT2D eigenvalue weighted by atomic mass is 79.9. The zero-order chi connectivity index (χ0) is 15.1. The topological polar surface area (TPSA) is 37.8 Å². The number of aromatic nitrogens is 2. The molecule has 1 heterocycles. The molecule has 2 aromatic carbocycles. The highest BCUT2D eigenvalue weighted by molar-refractivity contribution is 9.10. The van der Waals surface area contributed by atoms with Gasteiger partial charge in [-0.2, -0.15) is 0 Å². The maximum Gasteiger partial charge on any atom is 0.266 e. The number of para-hydroxylation sites is 1. The molecule has 106 valence electrons. The molecule has 1 aromatic heterocycles. The van der Waals surface area contributed by atoms with Crippen molar-refractivity contribution in [3.05, 3.63) is 66.6 Å². The second-order valence-corrected chi connectivity index (χ2v) is 6.38. The van der Waals surface area contributed by atoms with Crippen LogP contribution in [0.3, 0.4) is 0 Å². The number of fused-ring (bicyclic) bond motifs is 1. The Bertz CT molecular complexity index is 957. The van der Waals surface area contributed by atoms with Crippen LogP contribution in [0.4, 0.5) is 0 Å². The van der Waals surface area contributed by atoms with E-state index in [4.69, 9.17) is 23.8 Å². The first-order chi connectivity index (χ1) is 9.99. The van der Waals surface area contributed by atoms with Crippen LogP contribution in [0.5, 0.6) is 0 Å². The Morgan fingerprint density at radius 1 is 1.29 bits per heavy atom. The number of nitrogens with one attached hydrogen (secondary N) is 1. The number of rotatable bonds is 1. The lowest BCUT2D eigenvalue weighted by atomic mass is 10.2. The van der Waals surface area contributed by atoms with E-state index in [1.54, 1.807) is 12.1 Å². The fraction of sp³-hybridized carbons (Fsp3) is 0.0667. The molecule has 3 rings (SSSR count). The molecule has 0 aliphatic carbocycles. The van der Waals surface area contributed by atoms with Crippen LogP contribution in [0.25, 0.3) is 16.6 Å². The molecule has 1 N–H and O–H groups in total. The molecule has 3 nitrogen and oxygen atoms in total. The predicted octanol–water partition coefficient (Wildman–Crippen LogP) is 4.77. The van der Waals surface area contributed by atoms with Gasteiger partial charge in [-0.25, -0.2) is 0 Å². The van der Waals surface area contributed by atoms with Crippen LogP contribution in [-0.4, -0.2) is 9.55 Å². The van der Waals surface area contributed by atoms with Crippen molar-refractivity contribution in [3.8, 4) is 5.69 Å². The van der Waals surface area contributed by atoms with E-state index in [9.17, 15) is 4.79 Å². The van der Waals surface area contributed by atoms with Crippen molar-refractivity contribution >= 4 is 50.7 Å². The molecule has 0 amide bonds. The van der Waals surface area contributed by atoms with Gasteiger partial charge < -0.3 is 4.98 Å². The number of benzene rings is 2. The van der Waals surface area contributed by atoms with Crippen molar-refractivity contribution in [1.82, 2.24) is 9.55 Å². The summed E-state index contributed by atoms with van der Waals surface area (Å²) in [6, 6.07) is 10.9. The molecule has 0 atom stereocenters. The van der Waals surface area contributed by atoms with Crippen molar-refractivity contribution in [3.63, 3.8) is 0 Å². The van der Waals surface area contributed by atoms with Crippen LogP contribution in [0.15, 0.2) is 45.7 Å². The van der Waals surface area contributed by atoms with E-state index in [2.05, 4.69) is 20.9 Å². The van der Waals surface area contributed by atoms with Crippen LogP contribution in [0.2, 0.25) is 5.02 Å².